The summed E-state index contributed by atoms with van der Waals surface area (Å²) >= 11 is 5.91. The molecule has 1 aromatic heterocycles. The number of nitrogens with one attached hydrogen (secondary N) is 1. The lowest BCUT2D eigenvalue weighted by Crippen LogP contribution is -2.18. The molecule has 0 bridgehead atoms. The Bertz CT molecular complexity index is 888. The van der Waals surface area contributed by atoms with Gasteiger partial charge in [-0.2, -0.15) is 5.10 Å². The van der Waals surface area contributed by atoms with Gasteiger partial charge >= 0.3 is 0 Å². The van der Waals surface area contributed by atoms with Gasteiger partial charge in [0.05, 0.1) is 6.21 Å². The van der Waals surface area contributed by atoms with Gasteiger partial charge in [-0.15, -0.1) is 0 Å². The summed E-state index contributed by atoms with van der Waals surface area (Å²) in [5.74, 6) is 0.0511. The Morgan fingerprint density at radius 1 is 1.21 bits per heavy atom. The molecule has 1 amide bonds. The van der Waals surface area contributed by atoms with Crippen LogP contribution in [0.2, 0.25) is 5.02 Å². The lowest BCUT2D eigenvalue weighted by atomic mass is 10.1. The van der Waals surface area contributed by atoms with Crippen molar-refractivity contribution in [1.82, 2.24) is 10.6 Å². The molecular formula is C18H14ClN3O2. The third kappa shape index (κ3) is 3.52. The molecule has 24 heavy (non-hydrogen) atoms. The van der Waals surface area contributed by atoms with Crippen LogP contribution in [0.4, 0.5) is 0 Å². The van der Waals surface area contributed by atoms with Crippen LogP contribution < -0.4 is 5.43 Å². The summed E-state index contributed by atoms with van der Waals surface area (Å²) in [6.07, 6.45) is 1.52. The highest BCUT2D eigenvalue weighted by Crippen LogP contribution is 2.24. The maximum absolute atomic E-state index is 12.4. The van der Waals surface area contributed by atoms with Crippen molar-refractivity contribution in [3.8, 4) is 11.3 Å². The van der Waals surface area contributed by atoms with Crippen LogP contribution >= 0.6 is 11.6 Å². The summed E-state index contributed by atoms with van der Waals surface area (Å²) in [6, 6.07) is 16.5. The number of hydrazone groups is 1. The fourth-order valence-electron chi connectivity index (χ4n) is 2.24. The minimum atomic E-state index is -0.383. The second kappa shape index (κ2) is 7.10. The molecule has 0 atom stereocenters. The van der Waals surface area contributed by atoms with Crippen LogP contribution in [-0.2, 0) is 0 Å². The Morgan fingerprint density at radius 3 is 2.75 bits per heavy atom. The number of halogens is 1. The zero-order valence-corrected chi connectivity index (χ0v) is 13.6. The highest BCUT2D eigenvalue weighted by Gasteiger charge is 2.21. The van der Waals surface area contributed by atoms with Crippen molar-refractivity contribution >= 4 is 23.7 Å². The molecule has 3 aromatic rings. The summed E-state index contributed by atoms with van der Waals surface area (Å²) in [4.78, 5) is 12.4. The van der Waals surface area contributed by atoms with E-state index in [0.29, 0.717) is 22.0 Å². The van der Waals surface area contributed by atoms with E-state index in [0.717, 1.165) is 11.1 Å². The zero-order chi connectivity index (χ0) is 16.9. The molecule has 6 heteroatoms. The monoisotopic (exact) mass is 339 g/mol. The normalized spacial score (nSPS) is 10.9. The van der Waals surface area contributed by atoms with E-state index in [1.807, 2.05) is 42.5 Å². The van der Waals surface area contributed by atoms with Crippen molar-refractivity contribution in [1.29, 1.82) is 0 Å². The van der Waals surface area contributed by atoms with E-state index in [1.165, 1.54) is 6.21 Å². The van der Waals surface area contributed by atoms with E-state index in [1.54, 1.807) is 19.1 Å². The minimum Gasteiger partial charge on any atom is -0.360 e. The van der Waals surface area contributed by atoms with Crippen molar-refractivity contribution in [3.63, 3.8) is 0 Å². The first-order chi connectivity index (χ1) is 11.6. The van der Waals surface area contributed by atoms with Gasteiger partial charge in [0.25, 0.3) is 5.91 Å². The highest BCUT2D eigenvalue weighted by atomic mass is 35.5. The van der Waals surface area contributed by atoms with Crippen LogP contribution in [-0.4, -0.2) is 17.3 Å². The molecule has 0 aliphatic heterocycles. The average molecular weight is 340 g/mol. The van der Waals surface area contributed by atoms with Crippen molar-refractivity contribution in [2.24, 2.45) is 5.10 Å². The van der Waals surface area contributed by atoms with E-state index in [2.05, 4.69) is 15.7 Å². The number of nitrogens with zero attached hydrogens (tertiary/aromatic N) is 2. The van der Waals surface area contributed by atoms with Crippen molar-refractivity contribution in [3.05, 3.63) is 76.5 Å². The van der Waals surface area contributed by atoms with E-state index in [-0.39, 0.29) is 5.91 Å². The van der Waals surface area contributed by atoms with E-state index < -0.39 is 0 Å². The number of hydrogen-bond acceptors (Lipinski definition) is 4. The Hall–Kier alpha value is -2.92. The maximum atomic E-state index is 12.4. The molecule has 0 radical (unpaired) electrons. The molecule has 0 saturated carbocycles. The van der Waals surface area contributed by atoms with Crippen LogP contribution in [0.1, 0.15) is 21.7 Å². The quantitative estimate of drug-likeness (QED) is 0.575. The molecule has 120 valence electrons. The Balaban J connectivity index is 1.80. The number of aryl methyl sites for hydroxylation is 1. The van der Waals surface area contributed by atoms with Crippen LogP contribution in [0, 0.1) is 6.92 Å². The van der Waals surface area contributed by atoms with Crippen molar-refractivity contribution in [2.45, 2.75) is 6.92 Å². The summed E-state index contributed by atoms with van der Waals surface area (Å²) in [5, 5.41) is 8.54. The molecule has 1 N–H and O–H groups in total. The molecule has 2 aromatic carbocycles. The van der Waals surface area contributed by atoms with Crippen molar-refractivity contribution in [2.75, 3.05) is 0 Å². The molecule has 0 aliphatic rings. The second-order valence-corrected chi connectivity index (χ2v) is 5.52. The van der Waals surface area contributed by atoms with Gasteiger partial charge in [-0.3, -0.25) is 4.79 Å². The Kier molecular flexibility index (Phi) is 4.72. The molecular weight excluding hydrogens is 326 g/mol. The molecule has 1 heterocycles. The van der Waals surface area contributed by atoms with Gasteiger partial charge in [0.2, 0.25) is 0 Å². The third-order valence-electron chi connectivity index (χ3n) is 3.37. The van der Waals surface area contributed by atoms with Gasteiger partial charge in [-0.25, -0.2) is 5.43 Å². The molecule has 5 nitrogen and oxygen atoms in total. The largest absolute Gasteiger partial charge is 0.360 e. The second-order valence-electron chi connectivity index (χ2n) is 5.08. The fraction of sp³-hybridized carbons (Fsp3) is 0.0556. The van der Waals surface area contributed by atoms with Gasteiger partial charge in [0.15, 0.2) is 0 Å². The Morgan fingerprint density at radius 2 is 2.00 bits per heavy atom. The molecule has 0 saturated heterocycles. The number of carbonyl (C=O) groups is 1. The molecule has 0 unspecified atom stereocenters. The maximum Gasteiger partial charge on any atom is 0.277 e. The van der Waals surface area contributed by atoms with Crippen LogP contribution in [0.3, 0.4) is 0 Å². The van der Waals surface area contributed by atoms with Gasteiger partial charge < -0.3 is 4.52 Å². The standard InChI is InChI=1S/C18H14ClN3O2/c1-12-16(17(22-24-12)14-7-3-2-4-8-14)18(23)21-20-11-13-6-5-9-15(19)10-13/h2-11H,1H3,(H,21,23). The summed E-state index contributed by atoms with van der Waals surface area (Å²) in [6.45, 7) is 1.69. The first kappa shape index (κ1) is 16.0. The number of rotatable bonds is 4. The molecule has 3 rings (SSSR count). The fourth-order valence-corrected chi connectivity index (χ4v) is 2.44. The molecule has 0 spiro atoms. The Labute approximate surface area is 143 Å². The first-order valence-corrected chi connectivity index (χ1v) is 7.63. The van der Waals surface area contributed by atoms with Gasteiger partial charge in [-0.05, 0) is 24.6 Å². The lowest BCUT2D eigenvalue weighted by molar-refractivity contribution is 0.0954. The molecule has 0 fully saturated rings. The van der Waals surface area contributed by atoms with E-state index in [4.69, 9.17) is 16.1 Å². The lowest BCUT2D eigenvalue weighted by Gasteiger charge is -2.01. The molecule has 0 aliphatic carbocycles. The number of benzene rings is 2. The topological polar surface area (TPSA) is 67.5 Å². The summed E-state index contributed by atoms with van der Waals surface area (Å²) in [7, 11) is 0. The van der Waals surface area contributed by atoms with Crippen LogP contribution in [0.25, 0.3) is 11.3 Å². The van der Waals surface area contributed by atoms with Gasteiger partial charge in [0.1, 0.15) is 17.0 Å². The number of carbonyl (C=O) groups excluding carboxylic acids is 1. The smallest absolute Gasteiger partial charge is 0.277 e. The van der Waals surface area contributed by atoms with Crippen LogP contribution in [0.5, 0.6) is 0 Å². The SMILES string of the molecule is Cc1onc(-c2ccccc2)c1C(=O)NN=Cc1cccc(Cl)c1. The van der Waals surface area contributed by atoms with Crippen LogP contribution in [0.15, 0.2) is 64.2 Å². The van der Waals surface area contributed by atoms with Gasteiger partial charge in [0, 0.05) is 10.6 Å². The minimum absolute atomic E-state index is 0.365. The number of amides is 1. The summed E-state index contributed by atoms with van der Waals surface area (Å²) in [5.41, 5.74) is 4.94. The summed E-state index contributed by atoms with van der Waals surface area (Å²) < 4.78 is 5.17. The van der Waals surface area contributed by atoms with E-state index in [9.17, 15) is 4.79 Å². The number of hydrogen-bond donors (Lipinski definition) is 1. The van der Waals surface area contributed by atoms with E-state index >= 15 is 0 Å². The average Bonchev–Trinajstić information content (AvgIpc) is 2.97. The predicted octanol–water partition coefficient (Wildman–Crippen LogP) is 4.07. The highest BCUT2D eigenvalue weighted by molar-refractivity contribution is 6.30. The van der Waals surface area contributed by atoms with Gasteiger partial charge in [-0.1, -0.05) is 59.2 Å². The zero-order valence-electron chi connectivity index (χ0n) is 12.9. The number of aromatic nitrogens is 1. The third-order valence-corrected chi connectivity index (χ3v) is 3.60. The first-order valence-electron chi connectivity index (χ1n) is 7.26. The van der Waals surface area contributed by atoms with Crippen molar-refractivity contribution < 1.29 is 9.32 Å². The predicted molar refractivity (Wildman–Crippen MR) is 93.2 cm³/mol.